The summed E-state index contributed by atoms with van der Waals surface area (Å²) < 4.78 is 18.3. The van der Waals surface area contributed by atoms with E-state index < -0.39 is 11.7 Å². The molecule has 30 heavy (non-hydrogen) atoms. The number of halogens is 1. The van der Waals surface area contributed by atoms with Crippen molar-refractivity contribution < 1.29 is 23.8 Å². The molecular weight excluding hydrogens is 389 g/mol. The molecule has 2 rings (SSSR count). The molecule has 0 heterocycles. The maximum atomic E-state index is 12.9. The Morgan fingerprint density at radius 2 is 1.90 bits per heavy atom. The standard InChI is InChI=1S/C22H24FN3O4/c1-3-5-16-12-15(13-19(22(16)29)30-4-2)14-24-26-21(28)11-10-20(27)25-18-8-6-17(23)7-9-18/h3,6-9,12-14,29H,1,4-5,10-11H2,2H3,(H,25,27)(H,26,28). The van der Waals surface area contributed by atoms with E-state index in [-0.39, 0.29) is 24.5 Å². The van der Waals surface area contributed by atoms with Gasteiger partial charge in [-0.15, -0.1) is 6.58 Å². The van der Waals surface area contributed by atoms with Crippen LogP contribution in [0.4, 0.5) is 10.1 Å². The Morgan fingerprint density at radius 1 is 1.20 bits per heavy atom. The van der Waals surface area contributed by atoms with Gasteiger partial charge in [-0.3, -0.25) is 9.59 Å². The largest absolute Gasteiger partial charge is 0.504 e. The van der Waals surface area contributed by atoms with Crippen LogP contribution in [0.15, 0.2) is 54.2 Å². The molecule has 7 nitrogen and oxygen atoms in total. The predicted octanol–water partition coefficient (Wildman–Crippen LogP) is 3.53. The van der Waals surface area contributed by atoms with Gasteiger partial charge in [-0.1, -0.05) is 6.08 Å². The summed E-state index contributed by atoms with van der Waals surface area (Å²) >= 11 is 0. The van der Waals surface area contributed by atoms with Crippen molar-refractivity contribution in [3.8, 4) is 11.5 Å². The molecule has 0 saturated heterocycles. The Kier molecular flexibility index (Phi) is 8.56. The summed E-state index contributed by atoms with van der Waals surface area (Å²) in [5.74, 6) is -0.832. The van der Waals surface area contributed by atoms with Crippen LogP contribution in [0.25, 0.3) is 0 Å². The molecular formula is C22H24FN3O4. The van der Waals surface area contributed by atoms with Crippen molar-refractivity contribution in [2.75, 3.05) is 11.9 Å². The number of carbonyl (C=O) groups is 2. The smallest absolute Gasteiger partial charge is 0.240 e. The van der Waals surface area contributed by atoms with Gasteiger partial charge in [-0.2, -0.15) is 5.10 Å². The number of benzene rings is 2. The van der Waals surface area contributed by atoms with Crippen LogP contribution in [0, 0.1) is 5.82 Å². The van der Waals surface area contributed by atoms with E-state index >= 15 is 0 Å². The van der Waals surface area contributed by atoms with Crippen LogP contribution >= 0.6 is 0 Å². The molecule has 158 valence electrons. The highest BCUT2D eigenvalue weighted by molar-refractivity contribution is 5.93. The van der Waals surface area contributed by atoms with E-state index in [4.69, 9.17) is 4.74 Å². The molecule has 0 spiro atoms. The van der Waals surface area contributed by atoms with Gasteiger partial charge in [-0.25, -0.2) is 9.82 Å². The molecule has 0 aliphatic carbocycles. The maximum absolute atomic E-state index is 12.9. The first-order chi connectivity index (χ1) is 14.4. The molecule has 2 aromatic carbocycles. The molecule has 0 fully saturated rings. The number of hydrogen-bond acceptors (Lipinski definition) is 5. The topological polar surface area (TPSA) is 100 Å². The van der Waals surface area contributed by atoms with Gasteiger partial charge in [0.1, 0.15) is 5.82 Å². The summed E-state index contributed by atoms with van der Waals surface area (Å²) in [5, 5.41) is 16.6. The number of aromatic hydroxyl groups is 1. The number of ether oxygens (including phenoxy) is 1. The van der Waals surface area contributed by atoms with Crippen molar-refractivity contribution in [1.82, 2.24) is 5.43 Å². The van der Waals surface area contributed by atoms with Gasteiger partial charge in [0.05, 0.1) is 12.8 Å². The van der Waals surface area contributed by atoms with Gasteiger partial charge < -0.3 is 15.2 Å². The average Bonchev–Trinajstić information content (AvgIpc) is 2.72. The highest BCUT2D eigenvalue weighted by atomic mass is 19.1. The quantitative estimate of drug-likeness (QED) is 0.315. The number of nitrogens with one attached hydrogen (secondary N) is 2. The summed E-state index contributed by atoms with van der Waals surface area (Å²) in [5.41, 5.74) is 4.06. The lowest BCUT2D eigenvalue weighted by Gasteiger charge is -2.10. The van der Waals surface area contributed by atoms with Crippen molar-refractivity contribution in [3.63, 3.8) is 0 Å². The van der Waals surface area contributed by atoms with E-state index in [2.05, 4.69) is 22.4 Å². The van der Waals surface area contributed by atoms with E-state index in [1.807, 2.05) is 0 Å². The average molecular weight is 413 g/mol. The number of rotatable bonds is 10. The first kappa shape index (κ1) is 22.6. The van der Waals surface area contributed by atoms with Crippen LogP contribution in [0.3, 0.4) is 0 Å². The van der Waals surface area contributed by atoms with E-state index in [0.717, 1.165) is 0 Å². The number of allylic oxidation sites excluding steroid dienone is 1. The molecule has 2 amide bonds. The third kappa shape index (κ3) is 7.05. The van der Waals surface area contributed by atoms with Gasteiger partial charge in [0, 0.05) is 24.1 Å². The van der Waals surface area contributed by atoms with Gasteiger partial charge in [-0.05, 0) is 55.3 Å². The fourth-order valence-corrected chi connectivity index (χ4v) is 2.56. The Hall–Kier alpha value is -3.68. The fourth-order valence-electron chi connectivity index (χ4n) is 2.56. The maximum Gasteiger partial charge on any atom is 0.240 e. The lowest BCUT2D eigenvalue weighted by molar-refractivity contribution is -0.124. The van der Waals surface area contributed by atoms with Gasteiger partial charge in [0.25, 0.3) is 0 Å². The predicted molar refractivity (Wildman–Crippen MR) is 113 cm³/mol. The molecule has 0 aliphatic heterocycles. The van der Waals surface area contributed by atoms with Crippen molar-refractivity contribution in [1.29, 1.82) is 0 Å². The van der Waals surface area contributed by atoms with Crippen molar-refractivity contribution >= 4 is 23.7 Å². The van der Waals surface area contributed by atoms with Gasteiger partial charge >= 0.3 is 0 Å². The summed E-state index contributed by atoms with van der Waals surface area (Å²) in [4.78, 5) is 23.8. The molecule has 2 aromatic rings. The molecule has 0 saturated carbocycles. The first-order valence-electron chi connectivity index (χ1n) is 9.39. The number of carbonyl (C=O) groups excluding carboxylic acids is 2. The fraction of sp³-hybridized carbons (Fsp3) is 0.227. The second kappa shape index (κ2) is 11.4. The zero-order valence-electron chi connectivity index (χ0n) is 16.7. The molecule has 0 radical (unpaired) electrons. The van der Waals surface area contributed by atoms with Crippen molar-refractivity contribution in [3.05, 3.63) is 66.0 Å². The normalized spacial score (nSPS) is 10.6. The molecule has 0 aliphatic rings. The van der Waals surface area contributed by atoms with E-state index in [1.165, 1.54) is 30.5 Å². The molecule has 0 unspecified atom stereocenters. The Morgan fingerprint density at radius 3 is 2.57 bits per heavy atom. The van der Waals surface area contributed by atoms with Crippen molar-refractivity contribution in [2.24, 2.45) is 5.10 Å². The first-order valence-corrected chi connectivity index (χ1v) is 9.39. The highest BCUT2D eigenvalue weighted by Crippen LogP contribution is 2.31. The minimum absolute atomic E-state index is 0.0457. The summed E-state index contributed by atoms with van der Waals surface area (Å²) in [6, 6.07) is 8.66. The number of phenolic OH excluding ortho intramolecular Hbond substituents is 1. The third-order valence-electron chi connectivity index (χ3n) is 3.95. The van der Waals surface area contributed by atoms with Crippen LogP contribution in [-0.4, -0.2) is 29.7 Å². The molecule has 8 heteroatoms. The molecule has 0 bridgehead atoms. The SMILES string of the molecule is C=CCc1cc(C=NNC(=O)CCC(=O)Nc2ccc(F)cc2)cc(OCC)c1O. The molecule has 3 N–H and O–H groups in total. The zero-order valence-corrected chi connectivity index (χ0v) is 16.7. The lowest BCUT2D eigenvalue weighted by atomic mass is 10.1. The molecule has 0 atom stereocenters. The van der Waals surface area contributed by atoms with Crippen LogP contribution in [0.5, 0.6) is 11.5 Å². The highest BCUT2D eigenvalue weighted by Gasteiger charge is 2.10. The monoisotopic (exact) mass is 413 g/mol. The number of hydrogen-bond donors (Lipinski definition) is 3. The summed E-state index contributed by atoms with van der Waals surface area (Å²) in [6.07, 6.45) is 3.42. The zero-order chi connectivity index (χ0) is 21.9. The van der Waals surface area contributed by atoms with Crippen LogP contribution in [-0.2, 0) is 16.0 Å². The number of hydrazone groups is 1. The lowest BCUT2D eigenvalue weighted by Crippen LogP contribution is -2.20. The minimum Gasteiger partial charge on any atom is -0.504 e. The number of anilines is 1. The van der Waals surface area contributed by atoms with Crippen LogP contribution in [0.1, 0.15) is 30.9 Å². The van der Waals surface area contributed by atoms with E-state index in [0.29, 0.717) is 35.6 Å². The summed E-state index contributed by atoms with van der Waals surface area (Å²) in [6.45, 7) is 5.85. The Balaban J connectivity index is 1.88. The van der Waals surface area contributed by atoms with Gasteiger partial charge in [0.15, 0.2) is 11.5 Å². The van der Waals surface area contributed by atoms with E-state index in [1.54, 1.807) is 25.1 Å². The third-order valence-corrected chi connectivity index (χ3v) is 3.95. The number of nitrogens with zero attached hydrogens (tertiary/aromatic N) is 1. The molecule has 0 aromatic heterocycles. The second-order valence-electron chi connectivity index (χ2n) is 6.30. The number of amides is 2. The Labute approximate surface area is 174 Å². The van der Waals surface area contributed by atoms with Crippen molar-refractivity contribution in [2.45, 2.75) is 26.2 Å². The Bertz CT molecular complexity index is 927. The van der Waals surface area contributed by atoms with Crippen LogP contribution < -0.4 is 15.5 Å². The van der Waals surface area contributed by atoms with E-state index in [9.17, 15) is 19.1 Å². The van der Waals surface area contributed by atoms with Crippen LogP contribution in [0.2, 0.25) is 0 Å². The van der Waals surface area contributed by atoms with Gasteiger partial charge in [0.2, 0.25) is 11.8 Å². The minimum atomic E-state index is -0.435. The number of phenols is 1. The summed E-state index contributed by atoms with van der Waals surface area (Å²) in [7, 11) is 0. The second-order valence-corrected chi connectivity index (χ2v) is 6.30.